The van der Waals surface area contributed by atoms with Crippen LogP contribution in [0.1, 0.15) is 51.0 Å². The Kier molecular flexibility index (Phi) is 10.4. The topological polar surface area (TPSA) is 32.3 Å². The summed E-state index contributed by atoms with van der Waals surface area (Å²) in [5.74, 6) is 0.968. The lowest BCUT2D eigenvalue weighted by atomic mass is 10.0. The Morgan fingerprint density at radius 1 is 1.29 bits per heavy atom. The number of benzene rings is 1. The number of amides is 1. The van der Waals surface area contributed by atoms with E-state index in [1.807, 2.05) is 29.2 Å². The zero-order valence-corrected chi connectivity index (χ0v) is 16.2. The third-order valence-corrected chi connectivity index (χ3v) is 4.85. The molecule has 1 saturated heterocycles. The van der Waals surface area contributed by atoms with E-state index >= 15 is 0 Å². The molecule has 136 valence electrons. The predicted octanol–water partition coefficient (Wildman–Crippen LogP) is 4.67. The fourth-order valence-corrected chi connectivity index (χ4v) is 3.23. The first-order valence-corrected chi connectivity index (χ1v) is 9.29. The maximum Gasteiger partial charge on any atom is 0.222 e. The molecular weight excluding hydrogens is 343 g/mol. The molecule has 1 N–H and O–H groups in total. The quantitative estimate of drug-likeness (QED) is 0.638. The molecule has 1 fully saturated rings. The van der Waals surface area contributed by atoms with Crippen LogP contribution in [0.25, 0.3) is 0 Å². The summed E-state index contributed by atoms with van der Waals surface area (Å²) in [6.45, 7) is 5.92. The molecule has 1 aliphatic rings. The van der Waals surface area contributed by atoms with Crippen molar-refractivity contribution in [3.63, 3.8) is 0 Å². The molecule has 1 unspecified atom stereocenters. The van der Waals surface area contributed by atoms with Gasteiger partial charge < -0.3 is 10.2 Å². The third kappa shape index (κ3) is 7.42. The first kappa shape index (κ1) is 21.3. The van der Waals surface area contributed by atoms with Crippen molar-refractivity contribution in [2.75, 3.05) is 19.6 Å². The van der Waals surface area contributed by atoms with Crippen LogP contribution >= 0.6 is 24.0 Å². The highest BCUT2D eigenvalue weighted by Gasteiger charge is 2.19. The molecule has 1 atom stereocenters. The van der Waals surface area contributed by atoms with E-state index < -0.39 is 0 Å². The molecule has 1 amide bonds. The van der Waals surface area contributed by atoms with Crippen molar-refractivity contribution in [2.24, 2.45) is 5.92 Å². The van der Waals surface area contributed by atoms with Crippen LogP contribution in [0, 0.1) is 5.92 Å². The SMILES string of the molecule is CCCCCN(Cc1ccc(Cl)cc1)C(=O)CCC1CCNC1.Cl. The smallest absolute Gasteiger partial charge is 0.222 e. The van der Waals surface area contributed by atoms with Crippen LogP contribution in [0.4, 0.5) is 0 Å². The Morgan fingerprint density at radius 3 is 2.67 bits per heavy atom. The van der Waals surface area contributed by atoms with Gasteiger partial charge in [0.05, 0.1) is 0 Å². The molecular formula is C19H30Cl2N2O. The Hall–Kier alpha value is -0.770. The number of unbranched alkanes of at least 4 members (excludes halogenated alkanes) is 2. The summed E-state index contributed by atoms with van der Waals surface area (Å²) in [5.41, 5.74) is 1.15. The zero-order valence-electron chi connectivity index (χ0n) is 14.6. The number of carbonyl (C=O) groups excluding carboxylic acids is 1. The molecule has 0 bridgehead atoms. The number of hydrogen-bond acceptors (Lipinski definition) is 2. The van der Waals surface area contributed by atoms with E-state index in [9.17, 15) is 4.79 Å². The van der Waals surface area contributed by atoms with E-state index in [2.05, 4.69) is 12.2 Å². The molecule has 2 rings (SSSR count). The van der Waals surface area contributed by atoms with Gasteiger partial charge in [0, 0.05) is 24.5 Å². The van der Waals surface area contributed by atoms with E-state index in [1.165, 1.54) is 19.3 Å². The highest BCUT2D eigenvalue weighted by molar-refractivity contribution is 6.30. The molecule has 1 heterocycles. The molecule has 0 saturated carbocycles. The van der Waals surface area contributed by atoms with E-state index in [0.29, 0.717) is 24.8 Å². The molecule has 0 spiro atoms. The van der Waals surface area contributed by atoms with E-state index in [4.69, 9.17) is 11.6 Å². The molecule has 1 aliphatic heterocycles. The van der Waals surface area contributed by atoms with Crippen molar-refractivity contribution >= 4 is 29.9 Å². The van der Waals surface area contributed by atoms with Gasteiger partial charge in [0.25, 0.3) is 0 Å². The Bertz CT molecular complexity index is 473. The van der Waals surface area contributed by atoms with Gasteiger partial charge in [-0.25, -0.2) is 0 Å². The van der Waals surface area contributed by atoms with Crippen LogP contribution in [-0.4, -0.2) is 30.4 Å². The van der Waals surface area contributed by atoms with Crippen LogP contribution in [0.5, 0.6) is 0 Å². The standard InChI is InChI=1S/C19H29ClN2O.ClH/c1-2-3-4-13-22(15-17-5-8-18(20)9-6-17)19(23)10-7-16-11-12-21-14-16;/h5-6,8-9,16,21H,2-4,7,10-15H2,1H3;1H. The van der Waals surface area contributed by atoms with Gasteiger partial charge in [-0.15, -0.1) is 12.4 Å². The minimum atomic E-state index is 0. The highest BCUT2D eigenvalue weighted by atomic mass is 35.5. The molecule has 1 aromatic rings. The second-order valence-electron chi connectivity index (χ2n) is 6.55. The Balaban J connectivity index is 0.00000288. The summed E-state index contributed by atoms with van der Waals surface area (Å²) in [7, 11) is 0. The van der Waals surface area contributed by atoms with Crippen LogP contribution in [0.15, 0.2) is 24.3 Å². The van der Waals surface area contributed by atoms with Gasteiger partial charge in [0.15, 0.2) is 0 Å². The molecule has 0 aliphatic carbocycles. The second-order valence-corrected chi connectivity index (χ2v) is 6.98. The minimum Gasteiger partial charge on any atom is -0.338 e. The lowest BCUT2D eigenvalue weighted by Crippen LogP contribution is -2.31. The van der Waals surface area contributed by atoms with Crippen LogP contribution in [0.2, 0.25) is 5.02 Å². The zero-order chi connectivity index (χ0) is 16.5. The van der Waals surface area contributed by atoms with E-state index in [-0.39, 0.29) is 12.4 Å². The first-order valence-electron chi connectivity index (χ1n) is 8.92. The van der Waals surface area contributed by atoms with Gasteiger partial charge >= 0.3 is 0 Å². The van der Waals surface area contributed by atoms with Gasteiger partial charge in [-0.3, -0.25) is 4.79 Å². The first-order chi connectivity index (χ1) is 11.2. The molecule has 5 heteroatoms. The number of carbonyl (C=O) groups is 1. The van der Waals surface area contributed by atoms with Crippen LogP contribution in [0.3, 0.4) is 0 Å². The lowest BCUT2D eigenvalue weighted by molar-refractivity contribution is -0.132. The fourth-order valence-electron chi connectivity index (χ4n) is 3.10. The second kappa shape index (κ2) is 11.7. The van der Waals surface area contributed by atoms with Crippen LogP contribution < -0.4 is 5.32 Å². The minimum absolute atomic E-state index is 0. The summed E-state index contributed by atoms with van der Waals surface area (Å²) in [6.07, 6.45) is 6.33. The van der Waals surface area contributed by atoms with Crippen molar-refractivity contribution < 1.29 is 4.79 Å². The number of nitrogens with one attached hydrogen (secondary N) is 1. The van der Waals surface area contributed by atoms with Crippen molar-refractivity contribution in [1.29, 1.82) is 0 Å². The van der Waals surface area contributed by atoms with Crippen molar-refractivity contribution in [3.05, 3.63) is 34.9 Å². The summed E-state index contributed by atoms with van der Waals surface area (Å²) in [6, 6.07) is 7.83. The average Bonchev–Trinajstić information content (AvgIpc) is 3.07. The van der Waals surface area contributed by atoms with E-state index in [1.54, 1.807) is 0 Å². The third-order valence-electron chi connectivity index (χ3n) is 4.60. The van der Waals surface area contributed by atoms with Gasteiger partial charge in [-0.1, -0.05) is 43.5 Å². The molecule has 24 heavy (non-hydrogen) atoms. The fraction of sp³-hybridized carbons (Fsp3) is 0.632. The Labute approximate surface area is 157 Å². The lowest BCUT2D eigenvalue weighted by Gasteiger charge is -2.23. The van der Waals surface area contributed by atoms with Crippen LogP contribution in [-0.2, 0) is 11.3 Å². The van der Waals surface area contributed by atoms with Crippen molar-refractivity contribution in [3.8, 4) is 0 Å². The Morgan fingerprint density at radius 2 is 2.04 bits per heavy atom. The molecule has 0 radical (unpaired) electrons. The van der Waals surface area contributed by atoms with Gasteiger partial charge in [-0.05, 0) is 56.0 Å². The summed E-state index contributed by atoms with van der Waals surface area (Å²) in [5, 5.41) is 4.12. The molecule has 0 aromatic heterocycles. The number of hydrogen-bond donors (Lipinski definition) is 1. The summed E-state index contributed by atoms with van der Waals surface area (Å²) in [4.78, 5) is 14.7. The van der Waals surface area contributed by atoms with Gasteiger partial charge in [0.1, 0.15) is 0 Å². The average molecular weight is 373 g/mol. The van der Waals surface area contributed by atoms with Gasteiger partial charge in [0.2, 0.25) is 5.91 Å². The van der Waals surface area contributed by atoms with Crippen molar-refractivity contribution in [1.82, 2.24) is 10.2 Å². The monoisotopic (exact) mass is 372 g/mol. The number of nitrogens with zero attached hydrogens (tertiary/aromatic N) is 1. The van der Waals surface area contributed by atoms with E-state index in [0.717, 1.165) is 43.1 Å². The van der Waals surface area contributed by atoms with Gasteiger partial charge in [-0.2, -0.15) is 0 Å². The molecule has 3 nitrogen and oxygen atoms in total. The summed E-state index contributed by atoms with van der Waals surface area (Å²) >= 11 is 5.95. The highest BCUT2D eigenvalue weighted by Crippen LogP contribution is 2.17. The van der Waals surface area contributed by atoms with Crippen molar-refractivity contribution in [2.45, 2.75) is 52.0 Å². The predicted molar refractivity (Wildman–Crippen MR) is 104 cm³/mol. The molecule has 1 aromatic carbocycles. The number of halogens is 2. The summed E-state index contributed by atoms with van der Waals surface area (Å²) < 4.78 is 0. The number of rotatable bonds is 9. The largest absolute Gasteiger partial charge is 0.338 e. The normalized spacial score (nSPS) is 16.7. The maximum atomic E-state index is 12.6. The maximum absolute atomic E-state index is 12.6.